The number of phenols is 1. The number of aromatic hydroxyl groups is 1. The molecule has 0 radical (unpaired) electrons. The lowest BCUT2D eigenvalue weighted by atomic mass is 10.0. The molecule has 0 aromatic heterocycles. The van der Waals surface area contributed by atoms with E-state index in [4.69, 9.17) is 0 Å². The summed E-state index contributed by atoms with van der Waals surface area (Å²) in [5.41, 5.74) is 1.79. The summed E-state index contributed by atoms with van der Waals surface area (Å²) in [6, 6.07) is 10.9. The number of carbonyl (C=O) groups excluding carboxylic acids is 1. The Balaban J connectivity index is 2.58. The van der Waals surface area contributed by atoms with Crippen molar-refractivity contribution in [2.45, 2.75) is 0 Å². The minimum atomic E-state index is -0.674. The SMILES string of the molecule is O=Cc1ccccc1-c1ccc(F)c(O)c1. The Morgan fingerprint density at radius 3 is 2.56 bits per heavy atom. The topological polar surface area (TPSA) is 37.3 Å². The molecule has 3 heteroatoms. The van der Waals surface area contributed by atoms with E-state index in [0.29, 0.717) is 16.7 Å². The van der Waals surface area contributed by atoms with E-state index >= 15 is 0 Å². The fraction of sp³-hybridized carbons (Fsp3) is 0. The molecule has 0 bridgehead atoms. The Bertz CT molecular complexity index is 535. The van der Waals surface area contributed by atoms with Gasteiger partial charge < -0.3 is 5.11 Å². The highest BCUT2D eigenvalue weighted by Gasteiger charge is 2.06. The van der Waals surface area contributed by atoms with Gasteiger partial charge in [-0.25, -0.2) is 4.39 Å². The van der Waals surface area contributed by atoms with Crippen LogP contribution in [0.2, 0.25) is 0 Å². The third kappa shape index (κ3) is 1.80. The molecule has 2 nitrogen and oxygen atoms in total. The van der Waals surface area contributed by atoms with Crippen molar-refractivity contribution in [2.24, 2.45) is 0 Å². The molecule has 2 rings (SSSR count). The molecule has 0 aliphatic heterocycles. The van der Waals surface area contributed by atoms with Crippen LogP contribution in [0.5, 0.6) is 5.75 Å². The Hall–Kier alpha value is -2.16. The summed E-state index contributed by atoms with van der Waals surface area (Å²) in [6.07, 6.45) is 0.732. The van der Waals surface area contributed by atoms with Gasteiger partial charge in [-0.1, -0.05) is 30.3 Å². The molecule has 16 heavy (non-hydrogen) atoms. The van der Waals surface area contributed by atoms with Gasteiger partial charge in [0.15, 0.2) is 17.9 Å². The summed E-state index contributed by atoms with van der Waals surface area (Å²) in [6.45, 7) is 0. The average Bonchev–Trinajstić information content (AvgIpc) is 2.32. The second kappa shape index (κ2) is 4.14. The van der Waals surface area contributed by atoms with Crippen LogP contribution in [-0.4, -0.2) is 11.4 Å². The van der Waals surface area contributed by atoms with Crippen LogP contribution in [0.25, 0.3) is 11.1 Å². The summed E-state index contributed by atoms with van der Waals surface area (Å²) in [5.74, 6) is -1.09. The third-order valence-corrected chi connectivity index (χ3v) is 2.34. The van der Waals surface area contributed by atoms with Crippen LogP contribution >= 0.6 is 0 Å². The van der Waals surface area contributed by atoms with Crippen molar-refractivity contribution in [1.82, 2.24) is 0 Å². The third-order valence-electron chi connectivity index (χ3n) is 2.34. The molecule has 2 aromatic carbocycles. The highest BCUT2D eigenvalue weighted by molar-refractivity contribution is 5.87. The fourth-order valence-electron chi connectivity index (χ4n) is 1.54. The molecular formula is C13H9FO2. The van der Waals surface area contributed by atoms with E-state index < -0.39 is 11.6 Å². The van der Waals surface area contributed by atoms with Crippen LogP contribution in [0.4, 0.5) is 4.39 Å². The second-order valence-electron chi connectivity index (χ2n) is 3.37. The first-order valence-corrected chi connectivity index (χ1v) is 4.75. The minimum Gasteiger partial charge on any atom is -0.505 e. The molecule has 0 aliphatic carbocycles. The van der Waals surface area contributed by atoms with E-state index in [9.17, 15) is 14.3 Å². The number of aldehydes is 1. The molecule has 0 saturated heterocycles. The van der Waals surface area contributed by atoms with Crippen LogP contribution in [0.1, 0.15) is 10.4 Å². The maximum atomic E-state index is 12.9. The molecule has 0 spiro atoms. The molecule has 1 N–H and O–H groups in total. The molecule has 0 fully saturated rings. The summed E-state index contributed by atoms with van der Waals surface area (Å²) in [5, 5.41) is 9.26. The molecule has 0 saturated carbocycles. The molecule has 2 aromatic rings. The lowest BCUT2D eigenvalue weighted by molar-refractivity contribution is 0.112. The van der Waals surface area contributed by atoms with Gasteiger partial charge in [-0.05, 0) is 23.3 Å². The zero-order valence-corrected chi connectivity index (χ0v) is 8.35. The van der Waals surface area contributed by atoms with Crippen molar-refractivity contribution in [2.75, 3.05) is 0 Å². The van der Waals surface area contributed by atoms with Gasteiger partial charge in [0.1, 0.15) is 0 Å². The maximum Gasteiger partial charge on any atom is 0.164 e. The zero-order valence-electron chi connectivity index (χ0n) is 8.35. The number of carbonyl (C=O) groups is 1. The first kappa shape index (κ1) is 10.4. The van der Waals surface area contributed by atoms with Crippen molar-refractivity contribution < 1.29 is 14.3 Å². The van der Waals surface area contributed by atoms with Crippen LogP contribution in [-0.2, 0) is 0 Å². The predicted octanol–water partition coefficient (Wildman–Crippen LogP) is 3.01. The van der Waals surface area contributed by atoms with Crippen molar-refractivity contribution in [3.05, 3.63) is 53.8 Å². The molecule has 0 unspecified atom stereocenters. The van der Waals surface area contributed by atoms with Crippen molar-refractivity contribution >= 4 is 6.29 Å². The van der Waals surface area contributed by atoms with Gasteiger partial charge in [0.25, 0.3) is 0 Å². The van der Waals surface area contributed by atoms with Gasteiger partial charge in [-0.3, -0.25) is 4.79 Å². The van der Waals surface area contributed by atoms with E-state index in [1.807, 2.05) is 0 Å². The van der Waals surface area contributed by atoms with Gasteiger partial charge in [0.2, 0.25) is 0 Å². The molecule has 0 atom stereocenters. The zero-order chi connectivity index (χ0) is 11.5. The molecule has 0 amide bonds. The average molecular weight is 216 g/mol. The van der Waals surface area contributed by atoms with Gasteiger partial charge in [0, 0.05) is 5.56 Å². The number of hydrogen-bond acceptors (Lipinski definition) is 2. The fourth-order valence-corrected chi connectivity index (χ4v) is 1.54. The van der Waals surface area contributed by atoms with E-state index in [-0.39, 0.29) is 0 Å². The van der Waals surface area contributed by atoms with Crippen LogP contribution in [0.3, 0.4) is 0 Å². The number of phenolic OH excluding ortho intramolecular Hbond substituents is 1. The Morgan fingerprint density at radius 2 is 1.88 bits per heavy atom. The number of halogens is 1. The Kier molecular flexibility index (Phi) is 2.68. The summed E-state index contributed by atoms with van der Waals surface area (Å²) < 4.78 is 12.9. The number of hydrogen-bond donors (Lipinski definition) is 1. The highest BCUT2D eigenvalue weighted by Crippen LogP contribution is 2.27. The monoisotopic (exact) mass is 216 g/mol. The molecule has 80 valence electrons. The lowest BCUT2D eigenvalue weighted by Gasteiger charge is -2.05. The highest BCUT2D eigenvalue weighted by atomic mass is 19.1. The first-order chi connectivity index (χ1) is 7.72. The maximum absolute atomic E-state index is 12.9. The number of benzene rings is 2. The van der Waals surface area contributed by atoms with Crippen LogP contribution in [0.15, 0.2) is 42.5 Å². The lowest BCUT2D eigenvalue weighted by Crippen LogP contribution is -1.87. The summed E-state index contributed by atoms with van der Waals surface area (Å²) in [4.78, 5) is 10.8. The molecule has 0 heterocycles. The Labute approximate surface area is 92.0 Å². The van der Waals surface area contributed by atoms with Gasteiger partial charge in [0.05, 0.1) is 0 Å². The van der Waals surface area contributed by atoms with Crippen molar-refractivity contribution in [3.8, 4) is 16.9 Å². The van der Waals surface area contributed by atoms with Gasteiger partial charge >= 0.3 is 0 Å². The standard InChI is InChI=1S/C13H9FO2/c14-12-6-5-9(7-13(12)16)11-4-2-1-3-10(11)8-15/h1-8,16H. The van der Waals surface area contributed by atoms with Gasteiger partial charge in [-0.15, -0.1) is 0 Å². The van der Waals surface area contributed by atoms with Crippen LogP contribution in [0, 0.1) is 5.82 Å². The summed E-state index contributed by atoms with van der Waals surface area (Å²) >= 11 is 0. The molecule has 0 aliphatic rings. The van der Waals surface area contributed by atoms with Crippen LogP contribution < -0.4 is 0 Å². The van der Waals surface area contributed by atoms with E-state index in [1.165, 1.54) is 18.2 Å². The quantitative estimate of drug-likeness (QED) is 0.783. The second-order valence-corrected chi connectivity index (χ2v) is 3.37. The Morgan fingerprint density at radius 1 is 1.12 bits per heavy atom. The normalized spacial score (nSPS) is 10.1. The smallest absolute Gasteiger partial charge is 0.164 e. The van der Waals surface area contributed by atoms with Gasteiger partial charge in [-0.2, -0.15) is 0 Å². The van der Waals surface area contributed by atoms with E-state index in [1.54, 1.807) is 24.3 Å². The number of rotatable bonds is 2. The predicted molar refractivity (Wildman–Crippen MR) is 58.9 cm³/mol. The minimum absolute atomic E-state index is 0.418. The molecular weight excluding hydrogens is 207 g/mol. The largest absolute Gasteiger partial charge is 0.505 e. The van der Waals surface area contributed by atoms with Crippen molar-refractivity contribution in [3.63, 3.8) is 0 Å². The summed E-state index contributed by atoms with van der Waals surface area (Å²) in [7, 11) is 0. The van der Waals surface area contributed by atoms with E-state index in [0.717, 1.165) is 6.29 Å². The first-order valence-electron chi connectivity index (χ1n) is 4.75. The van der Waals surface area contributed by atoms with E-state index in [2.05, 4.69) is 0 Å². The van der Waals surface area contributed by atoms with Crippen molar-refractivity contribution in [1.29, 1.82) is 0 Å².